The summed E-state index contributed by atoms with van der Waals surface area (Å²) >= 11 is 0. The number of amides is 1. The molecule has 0 radical (unpaired) electrons. The molecule has 0 spiro atoms. The molecule has 0 fully saturated rings. The summed E-state index contributed by atoms with van der Waals surface area (Å²) in [5, 5.41) is 13.0. The summed E-state index contributed by atoms with van der Waals surface area (Å²) in [4.78, 5) is 36.3. The van der Waals surface area contributed by atoms with Gasteiger partial charge in [0.15, 0.2) is 5.69 Å². The second kappa shape index (κ2) is 8.19. The maximum absolute atomic E-state index is 13.1. The first-order chi connectivity index (χ1) is 15.2. The van der Waals surface area contributed by atoms with E-state index in [1.807, 2.05) is 20.8 Å². The van der Waals surface area contributed by atoms with E-state index in [1.165, 1.54) is 28.8 Å². The average Bonchev–Trinajstić information content (AvgIpc) is 3.16. The Labute approximate surface area is 183 Å². The maximum atomic E-state index is 13.1. The van der Waals surface area contributed by atoms with Gasteiger partial charge in [-0.25, -0.2) is 14.4 Å². The fourth-order valence-electron chi connectivity index (χ4n) is 3.80. The van der Waals surface area contributed by atoms with Crippen LogP contribution in [0.5, 0.6) is 5.75 Å². The minimum absolute atomic E-state index is 0.0949. The van der Waals surface area contributed by atoms with Crippen molar-refractivity contribution in [2.45, 2.75) is 45.9 Å². The first-order valence-electron chi connectivity index (χ1n) is 10.2. The minimum Gasteiger partial charge on any atom is -0.501 e. The molecule has 168 valence electrons. The number of rotatable bonds is 5. The van der Waals surface area contributed by atoms with Gasteiger partial charge in [0, 0.05) is 19.6 Å². The summed E-state index contributed by atoms with van der Waals surface area (Å²) in [5.74, 6) is -0.862. The standard InChI is InChI=1S/C22H24FN5O4/c1-13-12-32-16(25-13)11-27-8-9-28-20(31)18(29)17(26-21(28)22(27,2)3)19(30)24-10-14-4-6-15(23)7-5-14/h4-7,12,29H,8-11H2,1-3H3,(H,24,30). The van der Waals surface area contributed by atoms with Crippen LogP contribution < -0.4 is 10.9 Å². The largest absolute Gasteiger partial charge is 0.501 e. The van der Waals surface area contributed by atoms with E-state index in [1.54, 1.807) is 6.26 Å². The number of carbonyl (C=O) groups excluding carboxylic acids is 1. The fraction of sp³-hybridized carbons (Fsp3) is 0.364. The highest BCUT2D eigenvalue weighted by Gasteiger charge is 2.39. The van der Waals surface area contributed by atoms with Crippen molar-refractivity contribution in [1.82, 2.24) is 24.8 Å². The van der Waals surface area contributed by atoms with Crippen molar-refractivity contribution >= 4 is 5.91 Å². The van der Waals surface area contributed by atoms with Crippen LogP contribution in [0.1, 0.15) is 47.3 Å². The Balaban J connectivity index is 1.61. The van der Waals surface area contributed by atoms with Gasteiger partial charge in [0.2, 0.25) is 11.6 Å². The van der Waals surface area contributed by atoms with Crippen molar-refractivity contribution in [2.75, 3.05) is 6.54 Å². The van der Waals surface area contributed by atoms with Crippen LogP contribution in [0.3, 0.4) is 0 Å². The van der Waals surface area contributed by atoms with Crippen LogP contribution in [-0.2, 0) is 25.2 Å². The van der Waals surface area contributed by atoms with Gasteiger partial charge in [-0.3, -0.25) is 19.1 Å². The zero-order chi connectivity index (χ0) is 23.0. The van der Waals surface area contributed by atoms with E-state index < -0.39 is 22.8 Å². The molecule has 10 heteroatoms. The molecule has 1 aliphatic heterocycles. The summed E-state index contributed by atoms with van der Waals surface area (Å²) in [7, 11) is 0. The molecule has 0 saturated heterocycles. The second-order valence-corrected chi connectivity index (χ2v) is 8.26. The van der Waals surface area contributed by atoms with Crippen molar-refractivity contribution in [2.24, 2.45) is 0 Å². The Bertz CT molecular complexity index is 1220. The fourth-order valence-corrected chi connectivity index (χ4v) is 3.80. The van der Waals surface area contributed by atoms with Gasteiger partial charge in [0.1, 0.15) is 17.9 Å². The van der Waals surface area contributed by atoms with E-state index in [0.29, 0.717) is 36.9 Å². The Morgan fingerprint density at radius 3 is 2.62 bits per heavy atom. The number of nitrogens with one attached hydrogen (secondary N) is 1. The number of nitrogens with zero attached hydrogens (tertiary/aromatic N) is 4. The van der Waals surface area contributed by atoms with Crippen molar-refractivity contribution in [3.8, 4) is 5.75 Å². The first kappa shape index (κ1) is 21.7. The maximum Gasteiger partial charge on any atom is 0.296 e. The molecule has 4 rings (SSSR count). The topological polar surface area (TPSA) is 113 Å². The third-order valence-electron chi connectivity index (χ3n) is 5.65. The van der Waals surface area contributed by atoms with Gasteiger partial charge in [-0.05, 0) is 38.5 Å². The Morgan fingerprint density at radius 1 is 1.25 bits per heavy atom. The van der Waals surface area contributed by atoms with Crippen LogP contribution in [0.2, 0.25) is 0 Å². The number of aryl methyl sites for hydroxylation is 1. The summed E-state index contributed by atoms with van der Waals surface area (Å²) < 4.78 is 19.9. The molecule has 1 amide bonds. The van der Waals surface area contributed by atoms with Crippen molar-refractivity contribution in [3.05, 3.63) is 75.4 Å². The zero-order valence-corrected chi connectivity index (χ0v) is 18.1. The Kier molecular flexibility index (Phi) is 5.55. The lowest BCUT2D eigenvalue weighted by Gasteiger charge is -2.42. The molecule has 1 aromatic carbocycles. The van der Waals surface area contributed by atoms with Gasteiger partial charge in [0.05, 0.1) is 17.8 Å². The lowest BCUT2D eigenvalue weighted by atomic mass is 9.98. The second-order valence-electron chi connectivity index (χ2n) is 8.26. The molecular weight excluding hydrogens is 417 g/mol. The van der Waals surface area contributed by atoms with E-state index >= 15 is 0 Å². The molecule has 3 aromatic rings. The zero-order valence-electron chi connectivity index (χ0n) is 18.1. The molecule has 0 atom stereocenters. The van der Waals surface area contributed by atoms with Crippen molar-refractivity contribution in [1.29, 1.82) is 0 Å². The quantitative estimate of drug-likeness (QED) is 0.623. The van der Waals surface area contributed by atoms with E-state index in [0.717, 1.165) is 5.69 Å². The predicted molar refractivity (Wildman–Crippen MR) is 112 cm³/mol. The molecule has 1 aliphatic rings. The van der Waals surface area contributed by atoms with Crippen LogP contribution in [0.25, 0.3) is 0 Å². The van der Waals surface area contributed by atoms with Gasteiger partial charge in [0.25, 0.3) is 11.5 Å². The number of hydrogen-bond acceptors (Lipinski definition) is 7. The van der Waals surface area contributed by atoms with E-state index in [9.17, 15) is 19.1 Å². The smallest absolute Gasteiger partial charge is 0.296 e. The van der Waals surface area contributed by atoms with Crippen molar-refractivity contribution in [3.63, 3.8) is 0 Å². The Morgan fingerprint density at radius 2 is 1.97 bits per heavy atom. The molecular formula is C22H24FN5O4. The molecule has 0 aliphatic carbocycles. The number of hydrogen-bond donors (Lipinski definition) is 2. The number of carbonyl (C=O) groups is 1. The number of oxazole rings is 1. The third-order valence-corrected chi connectivity index (χ3v) is 5.65. The van der Waals surface area contributed by atoms with E-state index in [-0.39, 0.29) is 18.1 Å². The van der Waals surface area contributed by atoms with Crippen LogP contribution >= 0.6 is 0 Å². The molecule has 2 aromatic heterocycles. The van der Waals surface area contributed by atoms with E-state index in [2.05, 4.69) is 20.2 Å². The molecule has 3 heterocycles. The summed E-state index contributed by atoms with van der Waals surface area (Å²) in [5.41, 5.74) is -0.303. The highest BCUT2D eigenvalue weighted by molar-refractivity contribution is 5.94. The monoisotopic (exact) mass is 441 g/mol. The molecule has 0 unspecified atom stereocenters. The molecule has 2 N–H and O–H groups in total. The molecule has 9 nitrogen and oxygen atoms in total. The number of aromatic nitrogens is 3. The number of benzene rings is 1. The van der Waals surface area contributed by atoms with Crippen LogP contribution in [-0.4, -0.2) is 37.0 Å². The number of aromatic hydroxyl groups is 1. The summed E-state index contributed by atoms with van der Waals surface area (Å²) in [6.45, 7) is 6.93. The lowest BCUT2D eigenvalue weighted by molar-refractivity contribution is 0.0566. The third kappa shape index (κ3) is 4.01. The Hall–Kier alpha value is -3.53. The summed E-state index contributed by atoms with van der Waals surface area (Å²) in [6.07, 6.45) is 1.57. The highest BCUT2D eigenvalue weighted by Crippen LogP contribution is 2.31. The number of halogens is 1. The van der Waals surface area contributed by atoms with Gasteiger partial charge in [-0.1, -0.05) is 12.1 Å². The van der Waals surface area contributed by atoms with Crippen LogP contribution in [0.15, 0.2) is 39.7 Å². The highest BCUT2D eigenvalue weighted by atomic mass is 19.1. The van der Waals surface area contributed by atoms with Gasteiger partial charge in [-0.2, -0.15) is 0 Å². The minimum atomic E-state index is -0.737. The molecule has 0 saturated carbocycles. The molecule has 0 bridgehead atoms. The average molecular weight is 441 g/mol. The molecule has 32 heavy (non-hydrogen) atoms. The van der Waals surface area contributed by atoms with Crippen LogP contribution in [0.4, 0.5) is 4.39 Å². The summed E-state index contributed by atoms with van der Waals surface area (Å²) in [6, 6.07) is 5.65. The van der Waals surface area contributed by atoms with E-state index in [4.69, 9.17) is 4.42 Å². The van der Waals surface area contributed by atoms with Crippen molar-refractivity contribution < 1.29 is 18.7 Å². The predicted octanol–water partition coefficient (Wildman–Crippen LogP) is 2.07. The SMILES string of the molecule is Cc1coc(CN2CCn3c(nc(C(=O)NCc4ccc(F)cc4)c(O)c3=O)C2(C)C)n1. The first-order valence-corrected chi connectivity index (χ1v) is 10.2. The van der Waals surface area contributed by atoms with Gasteiger partial charge >= 0.3 is 0 Å². The van der Waals surface area contributed by atoms with Crippen LogP contribution in [0, 0.1) is 12.7 Å². The number of fused-ring (bicyclic) bond motifs is 1. The normalized spacial score (nSPS) is 15.4. The lowest BCUT2D eigenvalue weighted by Crippen LogP contribution is -2.52. The van der Waals surface area contributed by atoms with Gasteiger partial charge < -0.3 is 14.8 Å². The van der Waals surface area contributed by atoms with Gasteiger partial charge in [-0.15, -0.1) is 0 Å².